The van der Waals surface area contributed by atoms with Crippen LogP contribution in [-0.2, 0) is 4.74 Å². The summed E-state index contributed by atoms with van der Waals surface area (Å²) in [4.78, 5) is 11.4. The highest BCUT2D eigenvalue weighted by atomic mass is 19.2. The first-order valence-electron chi connectivity index (χ1n) is 4.62. The van der Waals surface area contributed by atoms with Crippen LogP contribution in [0.5, 0.6) is 0 Å². The van der Waals surface area contributed by atoms with Gasteiger partial charge in [-0.15, -0.1) is 0 Å². The van der Waals surface area contributed by atoms with E-state index in [4.69, 9.17) is 0 Å². The lowest BCUT2D eigenvalue weighted by Gasteiger charge is -2.19. The van der Waals surface area contributed by atoms with Crippen molar-refractivity contribution in [2.45, 2.75) is 26.4 Å². The highest BCUT2D eigenvalue weighted by Crippen LogP contribution is 2.21. The summed E-state index contributed by atoms with van der Waals surface area (Å²) in [5.74, 6) is -8.66. The van der Waals surface area contributed by atoms with Crippen LogP contribution in [0, 0.1) is 29.3 Å². The highest BCUT2D eigenvalue weighted by Gasteiger charge is 2.29. The quantitative estimate of drug-likeness (QED) is 0.434. The lowest BCUT2D eigenvalue weighted by atomic mass is 10.1. The van der Waals surface area contributed by atoms with Crippen molar-refractivity contribution in [2.24, 2.45) is 0 Å². The number of benzene rings is 1. The van der Waals surface area contributed by atoms with Crippen LogP contribution in [0.2, 0.25) is 0 Å². The van der Waals surface area contributed by atoms with Crippen LogP contribution < -0.4 is 0 Å². The van der Waals surface area contributed by atoms with Crippen LogP contribution in [0.25, 0.3) is 0 Å². The van der Waals surface area contributed by atoms with Crippen LogP contribution in [0.1, 0.15) is 31.1 Å². The summed E-state index contributed by atoms with van der Waals surface area (Å²) in [6.07, 6.45) is 0. The number of carbonyl (C=O) groups is 1. The van der Waals surface area contributed by atoms with E-state index in [0.29, 0.717) is 0 Å². The maximum atomic E-state index is 13.2. The van der Waals surface area contributed by atoms with E-state index >= 15 is 0 Å². The van der Waals surface area contributed by atoms with Crippen molar-refractivity contribution in [3.63, 3.8) is 0 Å². The zero-order valence-electron chi connectivity index (χ0n) is 9.33. The average Bonchev–Trinajstić information content (AvgIpc) is 2.12. The van der Waals surface area contributed by atoms with Gasteiger partial charge in [-0.3, -0.25) is 0 Å². The summed E-state index contributed by atoms with van der Waals surface area (Å²) >= 11 is 0. The molecule has 0 aliphatic rings. The first kappa shape index (κ1) is 13.5. The number of rotatable bonds is 1. The van der Waals surface area contributed by atoms with Crippen LogP contribution in [0.3, 0.4) is 0 Å². The third-order valence-electron chi connectivity index (χ3n) is 1.65. The van der Waals surface area contributed by atoms with Gasteiger partial charge in [0.25, 0.3) is 0 Å². The van der Waals surface area contributed by atoms with Crippen molar-refractivity contribution in [3.8, 4) is 0 Å². The molecular formula is C11H9F4O2. The number of hydrogen-bond donors (Lipinski definition) is 0. The first-order chi connectivity index (χ1) is 7.63. The molecule has 0 saturated carbocycles. The van der Waals surface area contributed by atoms with Gasteiger partial charge in [-0.2, -0.15) is 0 Å². The van der Waals surface area contributed by atoms with Gasteiger partial charge in [-0.25, -0.2) is 22.4 Å². The fourth-order valence-corrected chi connectivity index (χ4v) is 1.03. The molecule has 93 valence electrons. The Morgan fingerprint density at radius 1 is 1.06 bits per heavy atom. The normalized spacial score (nSPS) is 11.5. The monoisotopic (exact) mass is 249 g/mol. The second-order valence-corrected chi connectivity index (χ2v) is 4.26. The SMILES string of the molecule is CC(C)(C)OC(=O)c1c(F)c(F)[c]c(F)c1F. The highest BCUT2D eigenvalue weighted by molar-refractivity contribution is 5.90. The van der Waals surface area contributed by atoms with E-state index in [1.807, 2.05) is 0 Å². The predicted octanol–water partition coefficient (Wildman–Crippen LogP) is 3.00. The molecule has 2 nitrogen and oxygen atoms in total. The van der Waals surface area contributed by atoms with Crippen molar-refractivity contribution in [2.75, 3.05) is 0 Å². The topological polar surface area (TPSA) is 26.3 Å². The molecule has 0 aromatic heterocycles. The Hall–Kier alpha value is -1.59. The minimum absolute atomic E-state index is 1.04. The van der Waals surface area contributed by atoms with Crippen LogP contribution in [0.4, 0.5) is 17.6 Å². The van der Waals surface area contributed by atoms with E-state index in [1.165, 1.54) is 26.8 Å². The van der Waals surface area contributed by atoms with Gasteiger partial charge >= 0.3 is 5.97 Å². The summed E-state index contributed by atoms with van der Waals surface area (Å²) in [6.45, 7) is 4.34. The van der Waals surface area contributed by atoms with E-state index < -0.39 is 40.4 Å². The molecule has 1 radical (unpaired) electrons. The minimum Gasteiger partial charge on any atom is -0.456 e. The van der Waals surface area contributed by atoms with Crippen LogP contribution >= 0.6 is 0 Å². The van der Waals surface area contributed by atoms with Crippen molar-refractivity contribution >= 4 is 5.97 Å². The molecule has 0 unspecified atom stereocenters. The maximum Gasteiger partial charge on any atom is 0.344 e. The molecule has 0 aliphatic carbocycles. The molecule has 0 aliphatic heterocycles. The Kier molecular flexibility index (Phi) is 3.45. The van der Waals surface area contributed by atoms with Gasteiger partial charge in [-0.05, 0) is 20.8 Å². The number of esters is 1. The van der Waals surface area contributed by atoms with Gasteiger partial charge in [0, 0.05) is 0 Å². The third-order valence-corrected chi connectivity index (χ3v) is 1.65. The molecule has 0 heterocycles. The average molecular weight is 249 g/mol. The summed E-state index contributed by atoms with van der Waals surface area (Å²) in [7, 11) is 0. The van der Waals surface area contributed by atoms with Gasteiger partial charge in [0.15, 0.2) is 23.3 Å². The fourth-order valence-electron chi connectivity index (χ4n) is 1.03. The summed E-state index contributed by atoms with van der Waals surface area (Å²) in [6, 6.07) is 1.17. The van der Waals surface area contributed by atoms with E-state index in [1.54, 1.807) is 0 Å². The van der Waals surface area contributed by atoms with Crippen molar-refractivity contribution in [1.29, 1.82) is 0 Å². The minimum atomic E-state index is -1.82. The first-order valence-corrected chi connectivity index (χ1v) is 4.62. The lowest BCUT2D eigenvalue weighted by molar-refractivity contribution is 0.00570. The van der Waals surface area contributed by atoms with Crippen molar-refractivity contribution in [1.82, 2.24) is 0 Å². The zero-order valence-corrected chi connectivity index (χ0v) is 9.33. The number of halogens is 4. The zero-order chi connectivity index (χ0) is 13.4. The number of carbonyl (C=O) groups excluding carboxylic acids is 1. The lowest BCUT2D eigenvalue weighted by Crippen LogP contribution is -2.25. The number of ether oxygens (including phenoxy) is 1. The van der Waals surface area contributed by atoms with Gasteiger partial charge < -0.3 is 4.74 Å². The number of hydrogen-bond acceptors (Lipinski definition) is 2. The Morgan fingerprint density at radius 3 is 1.82 bits per heavy atom. The fraction of sp³-hybridized carbons (Fsp3) is 0.364. The van der Waals surface area contributed by atoms with Gasteiger partial charge in [0.05, 0.1) is 6.07 Å². The second-order valence-electron chi connectivity index (χ2n) is 4.26. The second kappa shape index (κ2) is 4.35. The molecule has 0 amide bonds. The molecular weight excluding hydrogens is 240 g/mol. The molecule has 6 heteroatoms. The Balaban J connectivity index is 3.27. The molecule has 0 saturated heterocycles. The molecule has 1 rings (SSSR count). The molecule has 0 bridgehead atoms. The van der Waals surface area contributed by atoms with Crippen LogP contribution in [0.15, 0.2) is 0 Å². The van der Waals surface area contributed by atoms with E-state index in [2.05, 4.69) is 4.74 Å². The maximum absolute atomic E-state index is 13.2. The van der Waals surface area contributed by atoms with Gasteiger partial charge in [0.2, 0.25) is 0 Å². The van der Waals surface area contributed by atoms with Crippen LogP contribution in [-0.4, -0.2) is 11.6 Å². The van der Waals surface area contributed by atoms with Crippen molar-refractivity contribution < 1.29 is 27.1 Å². The molecule has 0 fully saturated rings. The molecule has 17 heavy (non-hydrogen) atoms. The summed E-state index contributed by atoms with van der Waals surface area (Å²) < 4.78 is 56.5. The molecule has 0 N–H and O–H groups in total. The summed E-state index contributed by atoms with van der Waals surface area (Å²) in [5, 5.41) is 0. The molecule has 0 atom stereocenters. The molecule has 0 spiro atoms. The predicted molar refractivity (Wildman–Crippen MR) is 50.3 cm³/mol. The summed E-state index contributed by atoms with van der Waals surface area (Å²) in [5.41, 5.74) is -2.43. The third kappa shape index (κ3) is 2.95. The largest absolute Gasteiger partial charge is 0.456 e. The molecule has 1 aromatic rings. The smallest absolute Gasteiger partial charge is 0.344 e. The Morgan fingerprint density at radius 2 is 1.47 bits per heavy atom. The molecule has 1 aromatic carbocycles. The Labute approximate surface area is 95.2 Å². The van der Waals surface area contributed by atoms with Gasteiger partial charge in [-0.1, -0.05) is 0 Å². The van der Waals surface area contributed by atoms with E-state index in [-0.39, 0.29) is 0 Å². The van der Waals surface area contributed by atoms with Crippen molar-refractivity contribution in [3.05, 3.63) is 34.9 Å². The Bertz CT molecular complexity index is 437. The van der Waals surface area contributed by atoms with Gasteiger partial charge in [0.1, 0.15) is 11.2 Å². The van der Waals surface area contributed by atoms with E-state index in [9.17, 15) is 22.4 Å². The van der Waals surface area contributed by atoms with E-state index in [0.717, 1.165) is 0 Å². The standard InChI is InChI=1S/C11H9F4O2/c1-11(2,3)17-10(16)7-8(14)5(12)4-6(13)9(7)15/h1-3H3.